The highest BCUT2D eigenvalue weighted by Gasteiger charge is 2.19. The second kappa shape index (κ2) is 6.11. The maximum absolute atomic E-state index is 10.4. The molecular weight excluding hydrogens is 143 g/mol. The SMILES string of the molecule is CCCO[P+](=O)OOC. The van der Waals surface area contributed by atoms with E-state index in [1.807, 2.05) is 6.92 Å². The Hall–Kier alpha value is -0.0200. The van der Waals surface area contributed by atoms with Crippen LogP contribution >= 0.6 is 8.25 Å². The van der Waals surface area contributed by atoms with Gasteiger partial charge in [0.15, 0.2) is 0 Å². The van der Waals surface area contributed by atoms with Gasteiger partial charge in [0, 0.05) is 4.57 Å². The monoisotopic (exact) mass is 153 g/mol. The highest BCUT2D eigenvalue weighted by molar-refractivity contribution is 7.33. The zero-order chi connectivity index (χ0) is 7.11. The summed E-state index contributed by atoms with van der Waals surface area (Å²) in [5, 5.41) is 0. The fraction of sp³-hybridized carbons (Fsp3) is 1.00. The van der Waals surface area contributed by atoms with Crippen molar-refractivity contribution in [3.8, 4) is 0 Å². The molecule has 0 aliphatic carbocycles. The third-order valence-electron chi connectivity index (χ3n) is 0.536. The highest BCUT2D eigenvalue weighted by Crippen LogP contribution is 2.22. The number of hydrogen-bond acceptors (Lipinski definition) is 4. The van der Waals surface area contributed by atoms with Crippen molar-refractivity contribution in [2.24, 2.45) is 0 Å². The van der Waals surface area contributed by atoms with Crippen LogP contribution in [0.3, 0.4) is 0 Å². The van der Waals surface area contributed by atoms with E-state index < -0.39 is 8.25 Å². The first-order chi connectivity index (χ1) is 4.31. The van der Waals surface area contributed by atoms with Crippen molar-refractivity contribution in [1.82, 2.24) is 0 Å². The molecule has 0 saturated carbocycles. The molecule has 0 aromatic rings. The van der Waals surface area contributed by atoms with E-state index in [2.05, 4.69) is 14.1 Å². The summed E-state index contributed by atoms with van der Waals surface area (Å²) in [4.78, 5) is 4.09. The first-order valence-corrected chi connectivity index (χ1v) is 3.71. The maximum Gasteiger partial charge on any atom is 0.728 e. The van der Waals surface area contributed by atoms with Gasteiger partial charge in [-0.2, -0.15) is 4.89 Å². The van der Waals surface area contributed by atoms with E-state index in [0.717, 1.165) is 6.42 Å². The molecule has 0 N–H and O–H groups in total. The van der Waals surface area contributed by atoms with Crippen molar-refractivity contribution in [3.05, 3.63) is 0 Å². The van der Waals surface area contributed by atoms with E-state index in [0.29, 0.717) is 6.61 Å². The van der Waals surface area contributed by atoms with Gasteiger partial charge in [-0.3, -0.25) is 0 Å². The van der Waals surface area contributed by atoms with E-state index in [9.17, 15) is 4.57 Å². The minimum Gasteiger partial charge on any atom is -0.191 e. The highest BCUT2D eigenvalue weighted by atomic mass is 31.1. The third-order valence-corrected chi connectivity index (χ3v) is 1.20. The lowest BCUT2D eigenvalue weighted by atomic mass is 10.5. The summed E-state index contributed by atoms with van der Waals surface area (Å²) in [6.45, 7) is 2.34. The first-order valence-electron chi connectivity index (χ1n) is 2.62. The summed E-state index contributed by atoms with van der Waals surface area (Å²) < 4.78 is 19.1. The van der Waals surface area contributed by atoms with E-state index in [1.165, 1.54) is 7.11 Å². The minimum absolute atomic E-state index is 0.429. The molecule has 1 unspecified atom stereocenters. The second-order valence-corrected chi connectivity index (χ2v) is 2.15. The molecule has 0 radical (unpaired) electrons. The average molecular weight is 153 g/mol. The molecule has 4 nitrogen and oxygen atoms in total. The lowest BCUT2D eigenvalue weighted by Gasteiger charge is -1.82. The standard InChI is InChI=1S/C4H10O4P/c1-3-4-7-9(5)8-6-2/h3-4H2,1-2H3/q+1. The van der Waals surface area contributed by atoms with Crippen LogP contribution in [0.25, 0.3) is 0 Å². The second-order valence-electron chi connectivity index (χ2n) is 1.30. The summed E-state index contributed by atoms with van der Waals surface area (Å²) in [6, 6.07) is 0. The first kappa shape index (κ1) is 8.98. The molecule has 0 aliphatic rings. The van der Waals surface area contributed by atoms with Crippen LogP contribution in [0.15, 0.2) is 0 Å². The van der Waals surface area contributed by atoms with Gasteiger partial charge in [-0.05, 0) is 6.42 Å². The van der Waals surface area contributed by atoms with Gasteiger partial charge in [-0.25, -0.2) is 0 Å². The van der Waals surface area contributed by atoms with Crippen LogP contribution in [-0.2, 0) is 18.7 Å². The molecule has 0 bridgehead atoms. The topological polar surface area (TPSA) is 44.8 Å². The van der Waals surface area contributed by atoms with E-state index >= 15 is 0 Å². The Morgan fingerprint density at radius 1 is 1.56 bits per heavy atom. The molecule has 0 spiro atoms. The van der Waals surface area contributed by atoms with Gasteiger partial charge in [0.05, 0.1) is 11.8 Å². The normalized spacial score (nSPS) is 11.6. The molecule has 0 fully saturated rings. The maximum atomic E-state index is 10.4. The lowest BCUT2D eigenvalue weighted by Crippen LogP contribution is -1.85. The van der Waals surface area contributed by atoms with Gasteiger partial charge in [-0.1, -0.05) is 6.92 Å². The molecule has 0 aliphatic heterocycles. The average Bonchev–Trinajstić information content (AvgIpc) is 1.85. The Morgan fingerprint density at radius 2 is 2.22 bits per heavy atom. The molecule has 0 aromatic heterocycles. The van der Waals surface area contributed by atoms with Crippen molar-refractivity contribution in [1.29, 1.82) is 0 Å². The molecule has 0 rings (SSSR count). The van der Waals surface area contributed by atoms with Gasteiger partial charge in [0.25, 0.3) is 0 Å². The quantitative estimate of drug-likeness (QED) is 0.342. The molecule has 0 aromatic carbocycles. The molecule has 9 heavy (non-hydrogen) atoms. The van der Waals surface area contributed by atoms with Crippen LogP contribution in [0.4, 0.5) is 0 Å². The number of rotatable bonds is 5. The van der Waals surface area contributed by atoms with Crippen LogP contribution in [0.2, 0.25) is 0 Å². The van der Waals surface area contributed by atoms with Crippen LogP contribution in [0, 0.1) is 0 Å². The summed E-state index contributed by atoms with van der Waals surface area (Å²) in [5.74, 6) is 0. The molecule has 0 amide bonds. The van der Waals surface area contributed by atoms with Crippen molar-refractivity contribution in [2.75, 3.05) is 13.7 Å². The molecule has 5 heteroatoms. The van der Waals surface area contributed by atoms with Crippen molar-refractivity contribution in [3.63, 3.8) is 0 Å². The van der Waals surface area contributed by atoms with E-state index in [1.54, 1.807) is 0 Å². The largest absolute Gasteiger partial charge is 0.728 e. The summed E-state index contributed by atoms with van der Waals surface area (Å²) in [5.41, 5.74) is 0. The zero-order valence-electron chi connectivity index (χ0n) is 5.49. The predicted molar refractivity (Wildman–Crippen MR) is 31.9 cm³/mol. The van der Waals surface area contributed by atoms with Crippen LogP contribution in [0.5, 0.6) is 0 Å². The fourth-order valence-corrected chi connectivity index (χ4v) is 0.745. The summed E-state index contributed by atoms with van der Waals surface area (Å²) in [6.07, 6.45) is 0.814. The lowest BCUT2D eigenvalue weighted by molar-refractivity contribution is -0.181. The molecule has 54 valence electrons. The van der Waals surface area contributed by atoms with Crippen LogP contribution in [-0.4, -0.2) is 13.7 Å². The van der Waals surface area contributed by atoms with Gasteiger partial charge < -0.3 is 0 Å². The van der Waals surface area contributed by atoms with E-state index in [4.69, 9.17) is 0 Å². The smallest absolute Gasteiger partial charge is 0.191 e. The van der Waals surface area contributed by atoms with Gasteiger partial charge in [0.2, 0.25) is 0 Å². The minimum atomic E-state index is -2.06. The Kier molecular flexibility index (Phi) is 6.09. The van der Waals surface area contributed by atoms with Crippen LogP contribution < -0.4 is 0 Å². The molecular formula is C4H10O4P+. The summed E-state index contributed by atoms with van der Waals surface area (Å²) in [7, 11) is -0.778. The van der Waals surface area contributed by atoms with Gasteiger partial charge in [-0.15, -0.1) is 4.52 Å². The predicted octanol–water partition coefficient (Wildman–Crippen LogP) is 1.65. The Balaban J connectivity index is 3.06. The van der Waals surface area contributed by atoms with Crippen LogP contribution in [0.1, 0.15) is 13.3 Å². The summed E-state index contributed by atoms with van der Waals surface area (Å²) >= 11 is 0. The molecule has 0 heterocycles. The Labute approximate surface area is 55.0 Å². The van der Waals surface area contributed by atoms with Crippen molar-refractivity contribution in [2.45, 2.75) is 13.3 Å². The third kappa shape index (κ3) is 5.86. The molecule has 1 atom stereocenters. The Morgan fingerprint density at radius 3 is 2.67 bits per heavy atom. The number of hydrogen-bond donors (Lipinski definition) is 0. The van der Waals surface area contributed by atoms with Gasteiger partial charge >= 0.3 is 8.25 Å². The zero-order valence-corrected chi connectivity index (χ0v) is 6.39. The van der Waals surface area contributed by atoms with E-state index in [-0.39, 0.29) is 0 Å². The van der Waals surface area contributed by atoms with Gasteiger partial charge in [0.1, 0.15) is 6.61 Å². The molecule has 0 saturated heterocycles. The van der Waals surface area contributed by atoms with Crippen molar-refractivity contribution >= 4 is 8.25 Å². The van der Waals surface area contributed by atoms with Crippen molar-refractivity contribution < 1.29 is 18.7 Å². The Bertz CT molecular complexity index is 84.6. The fourth-order valence-electron chi connectivity index (χ4n) is 0.248.